The zero-order valence-electron chi connectivity index (χ0n) is 9.83. The molecular formula is C12H19NOS. The molecule has 0 aliphatic rings. The van der Waals surface area contributed by atoms with E-state index >= 15 is 0 Å². The van der Waals surface area contributed by atoms with Crippen LogP contribution in [0.1, 0.15) is 26.3 Å². The summed E-state index contributed by atoms with van der Waals surface area (Å²) in [6.07, 6.45) is 1.70. The van der Waals surface area contributed by atoms with Gasteiger partial charge in [-0.2, -0.15) is 0 Å². The third kappa shape index (κ3) is 4.58. The second-order valence-corrected chi connectivity index (χ2v) is 6.08. The van der Waals surface area contributed by atoms with Gasteiger partial charge in [-0.1, -0.05) is 12.1 Å². The Morgan fingerprint density at radius 1 is 1.20 bits per heavy atom. The van der Waals surface area contributed by atoms with Crippen LogP contribution in [0.4, 0.5) is 0 Å². The lowest BCUT2D eigenvalue weighted by atomic mass is 10.1. The maximum absolute atomic E-state index is 11.2. The van der Waals surface area contributed by atoms with Gasteiger partial charge in [-0.25, -0.2) is 0 Å². The quantitative estimate of drug-likeness (QED) is 0.855. The Morgan fingerprint density at radius 2 is 1.73 bits per heavy atom. The molecule has 0 heterocycles. The minimum atomic E-state index is -0.879. The Kier molecular flexibility index (Phi) is 4.05. The first-order valence-electron chi connectivity index (χ1n) is 5.06. The molecule has 1 aromatic rings. The van der Waals surface area contributed by atoms with E-state index in [1.54, 1.807) is 6.26 Å². The van der Waals surface area contributed by atoms with Crippen molar-refractivity contribution < 1.29 is 4.21 Å². The van der Waals surface area contributed by atoms with Crippen LogP contribution in [0.5, 0.6) is 0 Å². The van der Waals surface area contributed by atoms with Gasteiger partial charge in [0.15, 0.2) is 0 Å². The molecule has 1 rings (SSSR count). The highest BCUT2D eigenvalue weighted by Gasteiger charge is 2.08. The van der Waals surface area contributed by atoms with E-state index in [0.29, 0.717) is 0 Å². The largest absolute Gasteiger partial charge is 0.308 e. The topological polar surface area (TPSA) is 29.1 Å². The highest BCUT2D eigenvalue weighted by atomic mass is 32.2. The molecular weight excluding hydrogens is 206 g/mol. The Balaban J connectivity index is 2.61. The Labute approximate surface area is 94.5 Å². The van der Waals surface area contributed by atoms with E-state index in [9.17, 15) is 4.21 Å². The van der Waals surface area contributed by atoms with Gasteiger partial charge in [-0.05, 0) is 38.5 Å². The normalized spacial score (nSPS) is 13.9. The van der Waals surface area contributed by atoms with E-state index in [2.05, 4.69) is 26.1 Å². The van der Waals surface area contributed by atoms with Gasteiger partial charge < -0.3 is 5.32 Å². The molecule has 0 fully saturated rings. The Bertz CT molecular complexity index is 338. The van der Waals surface area contributed by atoms with Crippen LogP contribution in [0.2, 0.25) is 0 Å². The number of rotatable bonds is 3. The van der Waals surface area contributed by atoms with Crippen molar-refractivity contribution in [1.29, 1.82) is 0 Å². The van der Waals surface area contributed by atoms with E-state index in [1.807, 2.05) is 24.3 Å². The number of nitrogens with one attached hydrogen (secondary N) is 1. The average molecular weight is 225 g/mol. The number of hydrogen-bond donors (Lipinski definition) is 1. The van der Waals surface area contributed by atoms with Gasteiger partial charge in [0, 0.05) is 34.0 Å². The Morgan fingerprint density at radius 3 is 2.13 bits per heavy atom. The molecule has 1 aromatic carbocycles. The number of hydrogen-bond acceptors (Lipinski definition) is 2. The summed E-state index contributed by atoms with van der Waals surface area (Å²) in [4.78, 5) is 0.884. The molecule has 0 bridgehead atoms. The predicted octanol–water partition coefficient (Wildman–Crippen LogP) is 2.31. The molecule has 0 spiro atoms. The minimum Gasteiger partial charge on any atom is -0.308 e. The summed E-state index contributed by atoms with van der Waals surface area (Å²) in [5.74, 6) is 0. The van der Waals surface area contributed by atoms with Crippen molar-refractivity contribution in [3.05, 3.63) is 29.8 Å². The van der Waals surface area contributed by atoms with Gasteiger partial charge in [0.05, 0.1) is 0 Å². The van der Waals surface area contributed by atoms with E-state index in [1.165, 1.54) is 5.56 Å². The smallest absolute Gasteiger partial charge is 0.0498 e. The molecule has 84 valence electrons. The maximum Gasteiger partial charge on any atom is 0.0498 e. The molecule has 0 aromatic heterocycles. The molecule has 1 N–H and O–H groups in total. The monoisotopic (exact) mass is 225 g/mol. The molecule has 0 radical (unpaired) electrons. The third-order valence-electron chi connectivity index (χ3n) is 2.08. The van der Waals surface area contributed by atoms with Crippen molar-refractivity contribution in [2.75, 3.05) is 6.26 Å². The second-order valence-electron chi connectivity index (χ2n) is 4.70. The van der Waals surface area contributed by atoms with Gasteiger partial charge in [0.2, 0.25) is 0 Å². The minimum absolute atomic E-state index is 0.131. The summed E-state index contributed by atoms with van der Waals surface area (Å²) in [5.41, 5.74) is 1.35. The third-order valence-corrected chi connectivity index (χ3v) is 3.01. The average Bonchev–Trinajstić information content (AvgIpc) is 2.14. The number of benzene rings is 1. The molecule has 0 aliphatic carbocycles. The first-order chi connectivity index (χ1) is 6.88. The van der Waals surface area contributed by atoms with Crippen LogP contribution in [-0.2, 0) is 17.3 Å². The van der Waals surface area contributed by atoms with Gasteiger partial charge in [-0.15, -0.1) is 0 Å². The molecule has 0 saturated carbocycles. The zero-order valence-corrected chi connectivity index (χ0v) is 10.6. The first kappa shape index (κ1) is 12.4. The summed E-state index contributed by atoms with van der Waals surface area (Å²) >= 11 is 0. The van der Waals surface area contributed by atoms with Crippen LogP contribution in [0, 0.1) is 0 Å². The molecule has 1 unspecified atom stereocenters. The molecule has 1 atom stereocenters. The molecule has 0 saturated heterocycles. The molecule has 0 aliphatic heterocycles. The summed E-state index contributed by atoms with van der Waals surface area (Å²) in [6.45, 7) is 7.27. The lowest BCUT2D eigenvalue weighted by molar-refractivity contribution is 0.424. The maximum atomic E-state index is 11.2. The van der Waals surface area contributed by atoms with Gasteiger partial charge in [-0.3, -0.25) is 4.21 Å². The lowest BCUT2D eigenvalue weighted by Gasteiger charge is -2.20. The van der Waals surface area contributed by atoms with Crippen LogP contribution in [0.3, 0.4) is 0 Å². The summed E-state index contributed by atoms with van der Waals surface area (Å²) in [6, 6.07) is 7.90. The molecule has 0 amide bonds. The van der Waals surface area contributed by atoms with E-state index in [0.717, 1.165) is 11.4 Å². The van der Waals surface area contributed by atoms with Gasteiger partial charge in [0.1, 0.15) is 0 Å². The van der Waals surface area contributed by atoms with E-state index < -0.39 is 10.8 Å². The van der Waals surface area contributed by atoms with E-state index in [4.69, 9.17) is 0 Å². The molecule has 3 heteroatoms. The van der Waals surface area contributed by atoms with Crippen molar-refractivity contribution in [2.45, 2.75) is 37.8 Å². The summed E-state index contributed by atoms with van der Waals surface area (Å²) in [5, 5.41) is 3.41. The predicted molar refractivity (Wildman–Crippen MR) is 65.4 cm³/mol. The van der Waals surface area contributed by atoms with Crippen molar-refractivity contribution in [2.24, 2.45) is 0 Å². The lowest BCUT2D eigenvalue weighted by Crippen LogP contribution is -2.35. The Hall–Kier alpha value is -0.670. The zero-order chi connectivity index (χ0) is 11.5. The van der Waals surface area contributed by atoms with Crippen molar-refractivity contribution in [3.63, 3.8) is 0 Å². The van der Waals surface area contributed by atoms with Crippen molar-refractivity contribution in [1.82, 2.24) is 5.32 Å². The van der Waals surface area contributed by atoms with E-state index in [-0.39, 0.29) is 5.54 Å². The highest BCUT2D eigenvalue weighted by molar-refractivity contribution is 7.84. The van der Waals surface area contributed by atoms with Crippen LogP contribution in [-0.4, -0.2) is 16.0 Å². The fourth-order valence-corrected chi connectivity index (χ4v) is 1.69. The van der Waals surface area contributed by atoms with Crippen LogP contribution in [0.15, 0.2) is 29.2 Å². The molecule has 15 heavy (non-hydrogen) atoms. The van der Waals surface area contributed by atoms with Crippen LogP contribution in [0.25, 0.3) is 0 Å². The summed E-state index contributed by atoms with van der Waals surface area (Å²) in [7, 11) is -0.879. The van der Waals surface area contributed by atoms with Crippen molar-refractivity contribution in [3.8, 4) is 0 Å². The fourth-order valence-electron chi connectivity index (χ4n) is 1.17. The summed E-state index contributed by atoms with van der Waals surface area (Å²) < 4.78 is 11.2. The SMILES string of the molecule is CS(=O)c1ccc(CNC(C)(C)C)cc1. The van der Waals surface area contributed by atoms with Gasteiger partial charge >= 0.3 is 0 Å². The van der Waals surface area contributed by atoms with Crippen LogP contribution < -0.4 is 5.32 Å². The van der Waals surface area contributed by atoms with Crippen molar-refractivity contribution >= 4 is 10.8 Å². The highest BCUT2D eigenvalue weighted by Crippen LogP contribution is 2.09. The van der Waals surface area contributed by atoms with Gasteiger partial charge in [0.25, 0.3) is 0 Å². The standard InChI is InChI=1S/C12H19NOS/c1-12(2,3)13-9-10-5-7-11(8-6-10)15(4)14/h5-8,13H,9H2,1-4H3. The first-order valence-corrected chi connectivity index (χ1v) is 6.62. The molecule has 2 nitrogen and oxygen atoms in total. The fraction of sp³-hybridized carbons (Fsp3) is 0.500. The van der Waals surface area contributed by atoms with Crippen LogP contribution >= 0.6 is 0 Å². The second kappa shape index (κ2) is 4.90.